The van der Waals surface area contributed by atoms with Gasteiger partial charge in [0, 0.05) is 5.92 Å². The van der Waals surface area contributed by atoms with E-state index in [2.05, 4.69) is 0 Å². The van der Waals surface area contributed by atoms with Crippen molar-refractivity contribution in [3.05, 3.63) is 84.5 Å². The van der Waals surface area contributed by atoms with Crippen molar-refractivity contribution in [1.82, 2.24) is 0 Å². The highest BCUT2D eigenvalue weighted by Crippen LogP contribution is 2.43. The summed E-state index contributed by atoms with van der Waals surface area (Å²) in [7, 11) is -2.33. The van der Waals surface area contributed by atoms with Crippen LogP contribution in [0.1, 0.15) is 12.0 Å². The minimum atomic E-state index is -3.66. The van der Waals surface area contributed by atoms with Crippen molar-refractivity contribution in [3.8, 4) is 0 Å². The molecule has 0 saturated carbocycles. The lowest BCUT2D eigenvalue weighted by atomic mass is 9.85. The summed E-state index contributed by atoms with van der Waals surface area (Å²) < 4.78 is 32.9. The van der Waals surface area contributed by atoms with Crippen LogP contribution in [0.15, 0.2) is 78.9 Å². The number of rotatable bonds is 4. The first-order chi connectivity index (χ1) is 13.5. The number of sulfonamides is 1. The quantitative estimate of drug-likeness (QED) is 0.745. The molecule has 3 unspecified atom stereocenters. The number of nitrogens with zero attached hydrogens (tertiary/aromatic N) is 1. The lowest BCUT2D eigenvalue weighted by molar-refractivity contribution is -0.141. The molecule has 0 bridgehead atoms. The van der Waals surface area contributed by atoms with Crippen LogP contribution >= 0.6 is 0 Å². The van der Waals surface area contributed by atoms with Gasteiger partial charge in [0.15, 0.2) is 0 Å². The van der Waals surface area contributed by atoms with Crippen molar-refractivity contribution < 1.29 is 17.9 Å². The lowest BCUT2D eigenvalue weighted by Gasteiger charge is -2.26. The Hall–Kier alpha value is -2.86. The number of methoxy groups -OCH3 is 1. The minimum absolute atomic E-state index is 0.00179. The van der Waals surface area contributed by atoms with E-state index in [0.717, 1.165) is 11.1 Å². The highest BCUT2D eigenvalue weighted by atomic mass is 32.2. The van der Waals surface area contributed by atoms with Crippen molar-refractivity contribution in [1.29, 1.82) is 0 Å². The van der Waals surface area contributed by atoms with E-state index in [0.29, 0.717) is 5.69 Å². The second-order valence-corrected chi connectivity index (χ2v) is 8.88. The van der Waals surface area contributed by atoms with E-state index in [-0.39, 0.29) is 12.3 Å². The van der Waals surface area contributed by atoms with Gasteiger partial charge in [-0.25, -0.2) is 8.42 Å². The minimum Gasteiger partial charge on any atom is -0.469 e. The maximum absolute atomic E-state index is 13.3. The second-order valence-electron chi connectivity index (χ2n) is 6.91. The molecule has 2 aromatic rings. The Labute approximate surface area is 165 Å². The molecule has 0 aromatic heterocycles. The average Bonchev–Trinajstić information content (AvgIpc) is 2.95. The van der Waals surface area contributed by atoms with Crippen LogP contribution in [-0.4, -0.2) is 32.8 Å². The molecule has 144 valence electrons. The number of allylic oxidation sites excluding steroid dienone is 2. The number of anilines is 1. The smallest absolute Gasteiger partial charge is 0.307 e. The van der Waals surface area contributed by atoms with Crippen LogP contribution < -0.4 is 4.31 Å². The number of carbonyl (C=O) groups is 1. The molecular weight excluding hydrogens is 374 g/mol. The largest absolute Gasteiger partial charge is 0.469 e. The zero-order valence-corrected chi connectivity index (χ0v) is 16.2. The van der Waals surface area contributed by atoms with Gasteiger partial charge >= 0.3 is 5.97 Å². The highest BCUT2D eigenvalue weighted by molar-refractivity contribution is 7.94. The van der Waals surface area contributed by atoms with E-state index in [4.69, 9.17) is 4.74 Å². The van der Waals surface area contributed by atoms with Crippen molar-refractivity contribution in [2.75, 3.05) is 11.4 Å². The first kappa shape index (κ1) is 18.5. The normalized spacial score (nSPS) is 25.1. The zero-order chi connectivity index (χ0) is 19.7. The van der Waals surface area contributed by atoms with Gasteiger partial charge in [-0.1, -0.05) is 66.8 Å². The molecule has 0 radical (unpaired) electrons. The highest BCUT2D eigenvalue weighted by Gasteiger charge is 2.52. The van der Waals surface area contributed by atoms with Crippen molar-refractivity contribution in [3.63, 3.8) is 0 Å². The van der Waals surface area contributed by atoms with Gasteiger partial charge in [-0.3, -0.25) is 9.10 Å². The molecule has 1 heterocycles. The Bertz CT molecular complexity index is 1030. The van der Waals surface area contributed by atoms with Crippen LogP contribution in [0.4, 0.5) is 5.69 Å². The van der Waals surface area contributed by atoms with Gasteiger partial charge in [0.2, 0.25) is 10.0 Å². The molecule has 0 N–H and O–H groups in total. The van der Waals surface area contributed by atoms with E-state index in [1.165, 1.54) is 11.4 Å². The van der Waals surface area contributed by atoms with E-state index in [1.807, 2.05) is 48.6 Å². The zero-order valence-electron chi connectivity index (χ0n) is 15.4. The topological polar surface area (TPSA) is 63.7 Å². The molecule has 3 atom stereocenters. The molecule has 2 aliphatic rings. The first-order valence-electron chi connectivity index (χ1n) is 9.13. The molecule has 5 nitrogen and oxygen atoms in total. The Balaban J connectivity index is 1.81. The van der Waals surface area contributed by atoms with Gasteiger partial charge in [0.1, 0.15) is 5.25 Å². The molecule has 0 spiro atoms. The Morgan fingerprint density at radius 1 is 1.04 bits per heavy atom. The monoisotopic (exact) mass is 395 g/mol. The summed E-state index contributed by atoms with van der Waals surface area (Å²) in [6.45, 7) is 0. The van der Waals surface area contributed by atoms with Crippen LogP contribution in [0.25, 0.3) is 5.57 Å². The maximum Gasteiger partial charge on any atom is 0.307 e. The number of hydrogen-bond acceptors (Lipinski definition) is 4. The molecule has 1 aliphatic carbocycles. The molecule has 1 aliphatic heterocycles. The maximum atomic E-state index is 13.3. The fourth-order valence-corrected chi connectivity index (χ4v) is 6.20. The van der Waals surface area contributed by atoms with Crippen LogP contribution in [0.5, 0.6) is 0 Å². The summed E-state index contributed by atoms with van der Waals surface area (Å²) in [6.07, 6.45) is 5.58. The molecule has 0 amide bonds. The summed E-state index contributed by atoms with van der Waals surface area (Å²) in [5.74, 6) is -0.768. The van der Waals surface area contributed by atoms with Crippen LogP contribution in [0.2, 0.25) is 0 Å². The second kappa shape index (κ2) is 7.28. The number of hydrogen-bond donors (Lipinski definition) is 0. The Morgan fingerprint density at radius 3 is 2.32 bits per heavy atom. The van der Waals surface area contributed by atoms with Crippen molar-refractivity contribution >= 4 is 27.3 Å². The molecule has 1 saturated heterocycles. The van der Waals surface area contributed by atoms with Crippen molar-refractivity contribution in [2.24, 2.45) is 5.92 Å². The predicted octanol–water partition coefficient (Wildman–Crippen LogP) is 3.41. The number of ether oxygens (including phenoxy) is 1. The third-order valence-electron chi connectivity index (χ3n) is 5.30. The van der Waals surface area contributed by atoms with Gasteiger partial charge in [-0.15, -0.1) is 0 Å². The van der Waals surface area contributed by atoms with Gasteiger partial charge in [0.05, 0.1) is 25.3 Å². The summed E-state index contributed by atoms with van der Waals surface area (Å²) in [6, 6.07) is 18.2. The van der Waals surface area contributed by atoms with E-state index >= 15 is 0 Å². The molecule has 6 heteroatoms. The number of esters is 1. The van der Waals surface area contributed by atoms with Crippen molar-refractivity contribution in [2.45, 2.75) is 17.7 Å². The number of fused-ring (bicyclic) bond motifs is 1. The van der Waals surface area contributed by atoms with Gasteiger partial charge < -0.3 is 4.74 Å². The first-order valence-corrected chi connectivity index (χ1v) is 10.6. The van der Waals surface area contributed by atoms with Crippen LogP contribution in [-0.2, 0) is 19.6 Å². The standard InChI is InChI=1S/C22H21NO4S/c1-27-22(24)15-20-19-14-17(16-8-4-2-5-9-16)12-13-21(19)28(25,26)23(20)18-10-6-3-7-11-18/h2-14,19-21H,15H2,1H3. The third kappa shape index (κ3) is 3.14. The molecule has 4 rings (SSSR count). The van der Waals surface area contributed by atoms with E-state index in [1.54, 1.807) is 30.3 Å². The number of carbonyl (C=O) groups excluding carboxylic acids is 1. The lowest BCUT2D eigenvalue weighted by Crippen LogP contribution is -2.37. The number of para-hydroxylation sites is 1. The summed E-state index contributed by atoms with van der Waals surface area (Å²) in [5.41, 5.74) is 2.54. The fourth-order valence-electron chi connectivity index (χ4n) is 4.00. The molecule has 28 heavy (non-hydrogen) atoms. The van der Waals surface area contributed by atoms with Crippen LogP contribution in [0.3, 0.4) is 0 Å². The Kier molecular flexibility index (Phi) is 4.81. The predicted molar refractivity (Wildman–Crippen MR) is 109 cm³/mol. The van der Waals surface area contributed by atoms with Gasteiger partial charge in [-0.05, 0) is 23.3 Å². The number of benzene rings is 2. The van der Waals surface area contributed by atoms with E-state index < -0.39 is 27.3 Å². The van der Waals surface area contributed by atoms with Crippen LogP contribution in [0, 0.1) is 5.92 Å². The summed E-state index contributed by atoms with van der Waals surface area (Å²) in [5, 5.41) is -0.699. The third-order valence-corrected chi connectivity index (χ3v) is 7.49. The summed E-state index contributed by atoms with van der Waals surface area (Å²) in [4.78, 5) is 12.1. The molecule has 1 fully saturated rings. The Morgan fingerprint density at radius 2 is 1.68 bits per heavy atom. The van der Waals surface area contributed by atoms with E-state index in [9.17, 15) is 13.2 Å². The molecule has 2 aromatic carbocycles. The summed E-state index contributed by atoms with van der Waals surface area (Å²) >= 11 is 0. The van der Waals surface area contributed by atoms with Gasteiger partial charge in [-0.2, -0.15) is 0 Å². The van der Waals surface area contributed by atoms with Gasteiger partial charge in [0.25, 0.3) is 0 Å². The average molecular weight is 395 g/mol. The fraction of sp³-hybridized carbons (Fsp3) is 0.227. The molecular formula is C22H21NO4S. The SMILES string of the molecule is COC(=O)CC1C2C=C(c3ccccc3)C=CC2S(=O)(=O)N1c1ccccc1.